The van der Waals surface area contributed by atoms with E-state index in [1.165, 1.54) is 6.42 Å². The standard InChI is InChI=1S/C7H12N2/c1-7-2-5(7)4-9-6(8)3-7/h5H,2-4H2,1H3,(H2,8,9). The molecule has 0 aromatic heterocycles. The number of hydrogen-bond donors (Lipinski definition) is 1. The van der Waals surface area contributed by atoms with Crippen LogP contribution in [-0.4, -0.2) is 12.4 Å². The van der Waals surface area contributed by atoms with Gasteiger partial charge in [-0.2, -0.15) is 0 Å². The van der Waals surface area contributed by atoms with Crippen molar-refractivity contribution in [1.29, 1.82) is 0 Å². The van der Waals surface area contributed by atoms with Crippen molar-refractivity contribution >= 4 is 5.84 Å². The number of aliphatic imine (C=N–C) groups is 1. The van der Waals surface area contributed by atoms with Gasteiger partial charge in [-0.05, 0) is 17.8 Å². The van der Waals surface area contributed by atoms with Crippen LogP contribution in [0.15, 0.2) is 4.99 Å². The van der Waals surface area contributed by atoms with Gasteiger partial charge < -0.3 is 5.73 Å². The molecule has 2 rings (SSSR count). The molecule has 2 aliphatic rings. The molecule has 0 amide bonds. The molecule has 0 radical (unpaired) electrons. The average Bonchev–Trinajstić information content (AvgIpc) is 2.38. The molecule has 2 nitrogen and oxygen atoms in total. The highest BCUT2D eigenvalue weighted by molar-refractivity contribution is 5.82. The Balaban J connectivity index is 2.17. The molecule has 1 fully saturated rings. The van der Waals surface area contributed by atoms with Crippen LogP contribution in [-0.2, 0) is 0 Å². The number of rotatable bonds is 0. The van der Waals surface area contributed by atoms with Gasteiger partial charge in [-0.3, -0.25) is 4.99 Å². The van der Waals surface area contributed by atoms with Crippen molar-refractivity contribution in [2.24, 2.45) is 22.1 Å². The maximum absolute atomic E-state index is 5.59. The number of nitrogens with two attached hydrogens (primary N) is 1. The van der Waals surface area contributed by atoms with E-state index < -0.39 is 0 Å². The SMILES string of the molecule is CC12CC(N)=NCC1C2. The highest BCUT2D eigenvalue weighted by atomic mass is 14.9. The van der Waals surface area contributed by atoms with Crippen molar-refractivity contribution in [2.45, 2.75) is 19.8 Å². The summed E-state index contributed by atoms with van der Waals surface area (Å²) in [5, 5.41) is 0. The van der Waals surface area contributed by atoms with Crippen LogP contribution < -0.4 is 5.73 Å². The summed E-state index contributed by atoms with van der Waals surface area (Å²) in [4.78, 5) is 4.19. The van der Waals surface area contributed by atoms with E-state index in [2.05, 4.69) is 11.9 Å². The number of fused-ring (bicyclic) bond motifs is 1. The minimum atomic E-state index is 0.561. The van der Waals surface area contributed by atoms with Crippen LogP contribution in [0.1, 0.15) is 19.8 Å². The maximum Gasteiger partial charge on any atom is 0.0942 e. The maximum atomic E-state index is 5.59. The van der Waals surface area contributed by atoms with Crippen molar-refractivity contribution in [2.75, 3.05) is 6.54 Å². The Bertz CT molecular complexity index is 174. The van der Waals surface area contributed by atoms with E-state index in [9.17, 15) is 0 Å². The highest BCUT2D eigenvalue weighted by Crippen LogP contribution is 2.56. The average molecular weight is 124 g/mol. The van der Waals surface area contributed by atoms with Crippen molar-refractivity contribution in [3.63, 3.8) is 0 Å². The van der Waals surface area contributed by atoms with Gasteiger partial charge in [-0.25, -0.2) is 0 Å². The van der Waals surface area contributed by atoms with Gasteiger partial charge in [-0.15, -0.1) is 0 Å². The highest BCUT2D eigenvalue weighted by Gasteiger charge is 2.51. The lowest BCUT2D eigenvalue weighted by molar-refractivity contribution is 0.508. The molecule has 2 heteroatoms. The van der Waals surface area contributed by atoms with E-state index in [1.54, 1.807) is 0 Å². The first-order chi connectivity index (χ1) is 4.21. The molecule has 50 valence electrons. The molecule has 1 aliphatic heterocycles. The van der Waals surface area contributed by atoms with Gasteiger partial charge in [0.25, 0.3) is 0 Å². The molecule has 0 aromatic rings. The minimum absolute atomic E-state index is 0.561. The van der Waals surface area contributed by atoms with Crippen LogP contribution in [0.3, 0.4) is 0 Å². The minimum Gasteiger partial charge on any atom is -0.387 e. The van der Waals surface area contributed by atoms with E-state index in [0.29, 0.717) is 5.41 Å². The summed E-state index contributed by atoms with van der Waals surface area (Å²) in [7, 11) is 0. The van der Waals surface area contributed by atoms with E-state index in [1.807, 2.05) is 0 Å². The topological polar surface area (TPSA) is 38.4 Å². The van der Waals surface area contributed by atoms with Crippen molar-refractivity contribution in [3.8, 4) is 0 Å². The lowest BCUT2D eigenvalue weighted by Gasteiger charge is -2.14. The van der Waals surface area contributed by atoms with Crippen molar-refractivity contribution in [1.82, 2.24) is 0 Å². The molecule has 0 saturated heterocycles. The predicted molar refractivity (Wildman–Crippen MR) is 37.3 cm³/mol. The zero-order valence-corrected chi connectivity index (χ0v) is 5.72. The second-order valence-electron chi connectivity index (χ2n) is 3.56. The summed E-state index contributed by atoms with van der Waals surface area (Å²) in [5.41, 5.74) is 6.15. The molecule has 9 heavy (non-hydrogen) atoms. The van der Waals surface area contributed by atoms with Crippen molar-refractivity contribution in [3.05, 3.63) is 0 Å². The zero-order valence-electron chi connectivity index (χ0n) is 5.72. The molecule has 0 aromatic carbocycles. The molecule has 2 N–H and O–H groups in total. The van der Waals surface area contributed by atoms with Gasteiger partial charge in [0, 0.05) is 13.0 Å². The zero-order chi connectivity index (χ0) is 6.48. The summed E-state index contributed by atoms with van der Waals surface area (Å²) in [5.74, 6) is 1.73. The van der Waals surface area contributed by atoms with Gasteiger partial charge in [0.1, 0.15) is 0 Å². The molecular formula is C7H12N2. The van der Waals surface area contributed by atoms with Crippen LogP contribution in [0, 0.1) is 11.3 Å². The summed E-state index contributed by atoms with van der Waals surface area (Å²) in [6.45, 7) is 3.29. The Morgan fingerprint density at radius 1 is 1.78 bits per heavy atom. The Kier molecular flexibility index (Phi) is 0.765. The molecule has 1 saturated carbocycles. The number of nitrogens with zero attached hydrogens (tertiary/aromatic N) is 1. The molecule has 1 heterocycles. The van der Waals surface area contributed by atoms with E-state index >= 15 is 0 Å². The fourth-order valence-electron chi connectivity index (χ4n) is 1.70. The van der Waals surface area contributed by atoms with Crippen LogP contribution in [0.2, 0.25) is 0 Å². The molecule has 0 spiro atoms. The van der Waals surface area contributed by atoms with Crippen LogP contribution in [0.25, 0.3) is 0 Å². The van der Waals surface area contributed by atoms with Gasteiger partial charge in [0.05, 0.1) is 5.84 Å². The van der Waals surface area contributed by atoms with Gasteiger partial charge in [0.15, 0.2) is 0 Å². The number of amidine groups is 1. The second-order valence-corrected chi connectivity index (χ2v) is 3.56. The van der Waals surface area contributed by atoms with E-state index in [-0.39, 0.29) is 0 Å². The van der Waals surface area contributed by atoms with Gasteiger partial charge in [0.2, 0.25) is 0 Å². The smallest absolute Gasteiger partial charge is 0.0942 e. The summed E-state index contributed by atoms with van der Waals surface area (Å²) in [6, 6.07) is 0. The summed E-state index contributed by atoms with van der Waals surface area (Å²) < 4.78 is 0. The first-order valence-corrected chi connectivity index (χ1v) is 3.49. The third-order valence-electron chi connectivity index (χ3n) is 2.64. The van der Waals surface area contributed by atoms with Crippen LogP contribution in [0.4, 0.5) is 0 Å². The Morgan fingerprint density at radius 2 is 2.56 bits per heavy atom. The summed E-state index contributed by atoms with van der Waals surface area (Å²) >= 11 is 0. The van der Waals surface area contributed by atoms with E-state index in [0.717, 1.165) is 24.7 Å². The molecule has 2 atom stereocenters. The third kappa shape index (κ3) is 0.655. The molecule has 0 bridgehead atoms. The van der Waals surface area contributed by atoms with Crippen LogP contribution in [0.5, 0.6) is 0 Å². The Hall–Kier alpha value is -0.530. The Labute approximate surface area is 55.2 Å². The summed E-state index contributed by atoms with van der Waals surface area (Å²) in [6.07, 6.45) is 2.38. The second kappa shape index (κ2) is 1.31. The normalized spacial score (nSPS) is 47.7. The van der Waals surface area contributed by atoms with Gasteiger partial charge >= 0.3 is 0 Å². The first-order valence-electron chi connectivity index (χ1n) is 3.49. The fraction of sp³-hybridized carbons (Fsp3) is 0.857. The van der Waals surface area contributed by atoms with E-state index in [4.69, 9.17) is 5.73 Å². The predicted octanol–water partition coefficient (Wildman–Crippen LogP) is 0.774. The lowest BCUT2D eigenvalue weighted by Crippen LogP contribution is -2.22. The largest absolute Gasteiger partial charge is 0.387 e. The molecular weight excluding hydrogens is 112 g/mol. The lowest BCUT2D eigenvalue weighted by atomic mass is 9.99. The quantitative estimate of drug-likeness (QED) is 0.509. The van der Waals surface area contributed by atoms with Crippen molar-refractivity contribution < 1.29 is 0 Å². The molecule has 2 unspecified atom stereocenters. The van der Waals surface area contributed by atoms with Gasteiger partial charge in [-0.1, -0.05) is 6.92 Å². The third-order valence-corrected chi connectivity index (χ3v) is 2.64. The first kappa shape index (κ1) is 5.27. The fourth-order valence-corrected chi connectivity index (χ4v) is 1.70. The number of hydrogen-bond acceptors (Lipinski definition) is 2. The Morgan fingerprint density at radius 3 is 3.11 bits per heavy atom. The monoisotopic (exact) mass is 124 g/mol. The van der Waals surface area contributed by atoms with Crippen LogP contribution >= 0.6 is 0 Å². The molecule has 1 aliphatic carbocycles.